The number of hydrogen-bond donors (Lipinski definition) is 0. The Bertz CT molecular complexity index is 639. The van der Waals surface area contributed by atoms with Gasteiger partial charge in [0.2, 0.25) is 0 Å². The van der Waals surface area contributed by atoms with Gasteiger partial charge >= 0.3 is 0 Å². The van der Waals surface area contributed by atoms with Gasteiger partial charge < -0.3 is 4.74 Å². The molecule has 0 fully saturated rings. The highest BCUT2D eigenvalue weighted by atomic mass is 16.5. The number of rotatable bonds is 1. The summed E-state index contributed by atoms with van der Waals surface area (Å²) in [5.41, 5.74) is 2.23. The number of anilines is 1. The van der Waals surface area contributed by atoms with Crippen molar-refractivity contribution in [3.63, 3.8) is 0 Å². The van der Waals surface area contributed by atoms with Gasteiger partial charge in [-0.1, -0.05) is 18.2 Å². The molecule has 19 heavy (non-hydrogen) atoms. The fraction of sp³-hybridized carbons (Fsp3) is 0.200. The third-order valence-electron chi connectivity index (χ3n) is 3.53. The lowest BCUT2D eigenvalue weighted by molar-refractivity contribution is 0.280. The Morgan fingerprint density at radius 3 is 2.89 bits per heavy atom. The van der Waals surface area contributed by atoms with Gasteiger partial charge in [-0.15, -0.1) is 0 Å². The van der Waals surface area contributed by atoms with E-state index in [0.717, 1.165) is 29.4 Å². The Hall–Kier alpha value is -2.36. The Balaban J connectivity index is 1.75. The van der Waals surface area contributed by atoms with Crippen LogP contribution in [-0.4, -0.2) is 23.8 Å². The lowest BCUT2D eigenvalue weighted by Crippen LogP contribution is -2.29. The normalized spacial score (nSPS) is 20.3. The summed E-state index contributed by atoms with van der Waals surface area (Å²) in [6.45, 7) is 1.53. The van der Waals surface area contributed by atoms with Crippen LogP contribution in [0, 0.1) is 5.92 Å². The predicted molar refractivity (Wildman–Crippen MR) is 73.5 cm³/mol. The van der Waals surface area contributed by atoms with E-state index < -0.39 is 0 Å². The van der Waals surface area contributed by atoms with Crippen LogP contribution in [0.1, 0.15) is 5.56 Å². The first-order valence-electron chi connectivity index (χ1n) is 6.41. The zero-order chi connectivity index (χ0) is 12.7. The molecule has 1 unspecified atom stereocenters. The Morgan fingerprint density at radius 1 is 1.11 bits per heavy atom. The number of aromatic nitrogens is 1. The van der Waals surface area contributed by atoms with Gasteiger partial charge in [0.1, 0.15) is 11.6 Å². The summed E-state index contributed by atoms with van der Waals surface area (Å²) >= 11 is 0. The Labute approximate surface area is 111 Å². The maximum Gasteiger partial charge on any atom is 0.148 e. The molecular weight excluding hydrogens is 238 g/mol. The fourth-order valence-electron chi connectivity index (χ4n) is 2.60. The molecule has 3 heterocycles. The molecule has 2 aromatic rings. The van der Waals surface area contributed by atoms with Gasteiger partial charge in [0.15, 0.2) is 0 Å². The van der Waals surface area contributed by atoms with Crippen molar-refractivity contribution >= 4 is 11.5 Å². The molecule has 2 aliphatic rings. The SMILES string of the molecule is c1ccc(N2CC3COc4ccccc4C3=N2)nc1. The molecule has 0 saturated carbocycles. The Kier molecular flexibility index (Phi) is 2.27. The number of benzene rings is 1. The molecule has 0 amide bonds. The van der Waals surface area contributed by atoms with Crippen LogP contribution < -0.4 is 9.75 Å². The highest BCUT2D eigenvalue weighted by Gasteiger charge is 2.34. The maximum absolute atomic E-state index is 5.79. The summed E-state index contributed by atoms with van der Waals surface area (Å²) in [4.78, 5) is 4.35. The minimum Gasteiger partial charge on any atom is -0.492 e. The lowest BCUT2D eigenvalue weighted by Gasteiger charge is -2.22. The van der Waals surface area contributed by atoms with Crippen molar-refractivity contribution in [2.24, 2.45) is 11.0 Å². The van der Waals surface area contributed by atoms with Crippen LogP contribution >= 0.6 is 0 Å². The molecule has 1 atom stereocenters. The molecule has 0 saturated heterocycles. The van der Waals surface area contributed by atoms with Crippen molar-refractivity contribution in [2.45, 2.75) is 0 Å². The summed E-state index contributed by atoms with van der Waals surface area (Å²) in [6, 6.07) is 14.0. The summed E-state index contributed by atoms with van der Waals surface area (Å²) in [5, 5.41) is 6.69. The molecule has 0 radical (unpaired) electrons. The molecule has 4 heteroatoms. The van der Waals surface area contributed by atoms with E-state index in [9.17, 15) is 0 Å². The minimum atomic E-state index is 0.330. The number of ether oxygens (including phenoxy) is 1. The highest BCUT2D eigenvalue weighted by Crippen LogP contribution is 2.32. The van der Waals surface area contributed by atoms with Crippen molar-refractivity contribution in [1.29, 1.82) is 0 Å². The maximum atomic E-state index is 5.79. The lowest BCUT2D eigenvalue weighted by atomic mass is 9.95. The molecule has 4 rings (SSSR count). The molecule has 1 aromatic heterocycles. The summed E-state index contributed by atoms with van der Waals surface area (Å²) in [5.74, 6) is 2.15. The van der Waals surface area contributed by atoms with Crippen molar-refractivity contribution in [3.05, 3.63) is 54.2 Å². The average Bonchev–Trinajstić information content (AvgIpc) is 2.93. The standard InChI is InChI=1S/C15H13N3O/c1-2-6-13-12(5-1)15-11(10-19-13)9-18(17-15)14-7-3-4-8-16-14/h1-8,11H,9-10H2. The molecule has 0 bridgehead atoms. The van der Waals surface area contributed by atoms with Crippen LogP contribution in [0.15, 0.2) is 53.8 Å². The molecule has 94 valence electrons. The summed E-state index contributed by atoms with van der Waals surface area (Å²) in [7, 11) is 0. The highest BCUT2D eigenvalue weighted by molar-refractivity contribution is 6.07. The van der Waals surface area contributed by atoms with Crippen LogP contribution in [0.4, 0.5) is 5.82 Å². The van der Waals surface area contributed by atoms with E-state index in [-0.39, 0.29) is 0 Å². The van der Waals surface area contributed by atoms with Gasteiger partial charge in [0.25, 0.3) is 0 Å². The smallest absolute Gasteiger partial charge is 0.148 e. The van der Waals surface area contributed by atoms with Gasteiger partial charge in [-0.25, -0.2) is 9.99 Å². The third-order valence-corrected chi connectivity index (χ3v) is 3.53. The first-order valence-corrected chi connectivity index (χ1v) is 6.41. The Morgan fingerprint density at radius 2 is 2.00 bits per heavy atom. The van der Waals surface area contributed by atoms with E-state index in [2.05, 4.69) is 11.1 Å². The average molecular weight is 251 g/mol. The largest absolute Gasteiger partial charge is 0.492 e. The summed E-state index contributed by atoms with van der Waals surface area (Å²) in [6.07, 6.45) is 1.79. The topological polar surface area (TPSA) is 37.7 Å². The van der Waals surface area contributed by atoms with Crippen LogP contribution in [0.2, 0.25) is 0 Å². The van der Waals surface area contributed by atoms with Crippen molar-refractivity contribution in [3.8, 4) is 5.75 Å². The molecule has 2 aliphatic heterocycles. The summed E-state index contributed by atoms with van der Waals surface area (Å²) < 4.78 is 5.79. The van der Waals surface area contributed by atoms with E-state index in [4.69, 9.17) is 9.84 Å². The van der Waals surface area contributed by atoms with E-state index in [1.54, 1.807) is 6.20 Å². The first-order chi connectivity index (χ1) is 9.42. The predicted octanol–water partition coefficient (Wildman–Crippen LogP) is 2.31. The van der Waals surface area contributed by atoms with Gasteiger partial charge in [-0.05, 0) is 24.3 Å². The fourth-order valence-corrected chi connectivity index (χ4v) is 2.60. The number of fused-ring (bicyclic) bond motifs is 3. The molecule has 1 aromatic carbocycles. The van der Waals surface area contributed by atoms with Gasteiger partial charge in [0, 0.05) is 11.8 Å². The minimum absolute atomic E-state index is 0.330. The van der Waals surface area contributed by atoms with Crippen LogP contribution in [0.25, 0.3) is 0 Å². The number of para-hydroxylation sites is 1. The van der Waals surface area contributed by atoms with Crippen LogP contribution in [0.5, 0.6) is 5.75 Å². The second-order valence-electron chi connectivity index (χ2n) is 4.76. The second-order valence-corrected chi connectivity index (χ2v) is 4.76. The number of hydrazone groups is 1. The van der Waals surface area contributed by atoms with E-state index >= 15 is 0 Å². The zero-order valence-electron chi connectivity index (χ0n) is 10.4. The van der Waals surface area contributed by atoms with E-state index in [0.29, 0.717) is 12.5 Å². The molecular formula is C15H13N3O. The van der Waals surface area contributed by atoms with Gasteiger partial charge in [-0.3, -0.25) is 0 Å². The first kappa shape index (κ1) is 10.6. The molecule has 0 spiro atoms. The zero-order valence-corrected chi connectivity index (χ0v) is 10.4. The van der Waals surface area contributed by atoms with E-state index in [1.165, 1.54) is 0 Å². The number of hydrogen-bond acceptors (Lipinski definition) is 4. The molecule has 0 N–H and O–H groups in total. The van der Waals surface area contributed by atoms with Crippen LogP contribution in [-0.2, 0) is 0 Å². The number of pyridine rings is 1. The van der Waals surface area contributed by atoms with Crippen molar-refractivity contribution < 1.29 is 4.74 Å². The van der Waals surface area contributed by atoms with Gasteiger partial charge in [0.05, 0.1) is 24.8 Å². The van der Waals surface area contributed by atoms with Gasteiger partial charge in [-0.2, -0.15) is 5.10 Å². The monoisotopic (exact) mass is 251 g/mol. The van der Waals surface area contributed by atoms with Crippen molar-refractivity contribution in [2.75, 3.05) is 18.2 Å². The molecule has 0 aliphatic carbocycles. The molecule has 4 nitrogen and oxygen atoms in total. The number of nitrogens with zero attached hydrogens (tertiary/aromatic N) is 3. The van der Waals surface area contributed by atoms with Crippen molar-refractivity contribution in [1.82, 2.24) is 4.98 Å². The quantitative estimate of drug-likeness (QED) is 0.780. The second kappa shape index (κ2) is 4.09. The van der Waals surface area contributed by atoms with Crippen LogP contribution in [0.3, 0.4) is 0 Å². The van der Waals surface area contributed by atoms with E-state index in [1.807, 2.05) is 41.4 Å². The third kappa shape index (κ3) is 1.68.